The van der Waals surface area contributed by atoms with Gasteiger partial charge in [-0.3, -0.25) is 4.79 Å². The Bertz CT molecular complexity index is 470. The highest BCUT2D eigenvalue weighted by molar-refractivity contribution is 7.99. The molecule has 1 aromatic rings. The van der Waals surface area contributed by atoms with Crippen LogP contribution in [0.2, 0.25) is 0 Å². The number of phenols is 1. The number of carbonyl (C=O) groups excluding carboxylic acids is 1. The number of rotatable bonds is 4. The van der Waals surface area contributed by atoms with Gasteiger partial charge in [-0.05, 0) is 50.1 Å². The summed E-state index contributed by atoms with van der Waals surface area (Å²) >= 11 is 1.91. The lowest BCUT2D eigenvalue weighted by Crippen LogP contribution is -2.38. The van der Waals surface area contributed by atoms with E-state index in [4.69, 9.17) is 4.74 Å². The first-order valence-corrected chi connectivity index (χ1v) is 8.13. The molecule has 0 aromatic heterocycles. The van der Waals surface area contributed by atoms with Crippen molar-refractivity contribution < 1.29 is 14.6 Å². The number of hydrogen-bond acceptors (Lipinski definition) is 4. The van der Waals surface area contributed by atoms with Crippen molar-refractivity contribution in [3.8, 4) is 11.5 Å². The highest BCUT2D eigenvalue weighted by Gasteiger charge is 2.22. The molecule has 1 aliphatic carbocycles. The van der Waals surface area contributed by atoms with E-state index < -0.39 is 0 Å². The molecule has 1 saturated carbocycles. The van der Waals surface area contributed by atoms with E-state index in [2.05, 4.69) is 11.6 Å². The fraction of sp³-hybridized carbons (Fsp3) is 0.533. The molecule has 110 valence electrons. The molecule has 2 rings (SSSR count). The van der Waals surface area contributed by atoms with E-state index >= 15 is 0 Å². The van der Waals surface area contributed by atoms with E-state index in [1.54, 1.807) is 12.1 Å². The van der Waals surface area contributed by atoms with Crippen molar-refractivity contribution in [3.63, 3.8) is 0 Å². The molecule has 0 heterocycles. The summed E-state index contributed by atoms with van der Waals surface area (Å²) in [5, 5.41) is 13.5. The maximum absolute atomic E-state index is 12.1. The van der Waals surface area contributed by atoms with Crippen LogP contribution in [0, 0.1) is 0 Å². The number of methoxy groups -OCH3 is 1. The second-order valence-electron chi connectivity index (χ2n) is 5.07. The molecule has 1 aliphatic rings. The molecule has 20 heavy (non-hydrogen) atoms. The van der Waals surface area contributed by atoms with Crippen LogP contribution in [0.15, 0.2) is 18.2 Å². The zero-order valence-corrected chi connectivity index (χ0v) is 12.7. The van der Waals surface area contributed by atoms with Gasteiger partial charge in [0.15, 0.2) is 11.5 Å². The summed E-state index contributed by atoms with van der Waals surface area (Å²) in [6.07, 6.45) is 6.50. The highest BCUT2D eigenvalue weighted by Crippen LogP contribution is 2.28. The number of thioether (sulfide) groups is 1. The fourth-order valence-corrected chi connectivity index (χ4v) is 3.29. The average Bonchev–Trinajstić information content (AvgIpc) is 2.48. The van der Waals surface area contributed by atoms with Crippen LogP contribution in [-0.4, -0.2) is 35.7 Å². The summed E-state index contributed by atoms with van der Waals surface area (Å²) in [6, 6.07) is 4.97. The molecule has 0 unspecified atom stereocenters. The predicted molar refractivity (Wildman–Crippen MR) is 81.7 cm³/mol. The Hall–Kier alpha value is -1.36. The van der Waals surface area contributed by atoms with Gasteiger partial charge in [-0.25, -0.2) is 0 Å². The van der Waals surface area contributed by atoms with E-state index in [1.807, 2.05) is 11.8 Å². The maximum atomic E-state index is 12.1. The van der Waals surface area contributed by atoms with Crippen molar-refractivity contribution in [1.29, 1.82) is 0 Å². The largest absolute Gasteiger partial charge is 0.504 e. The van der Waals surface area contributed by atoms with Crippen molar-refractivity contribution in [1.82, 2.24) is 5.32 Å². The first-order valence-electron chi connectivity index (χ1n) is 6.84. The number of benzene rings is 1. The van der Waals surface area contributed by atoms with E-state index in [0.717, 1.165) is 30.9 Å². The molecule has 1 amide bonds. The Labute approximate surface area is 123 Å². The molecule has 0 atom stereocenters. The van der Waals surface area contributed by atoms with Crippen molar-refractivity contribution in [3.05, 3.63) is 23.8 Å². The van der Waals surface area contributed by atoms with Crippen LogP contribution in [0.25, 0.3) is 0 Å². The minimum atomic E-state index is -0.129. The minimum Gasteiger partial charge on any atom is -0.504 e. The first kappa shape index (κ1) is 15.0. The van der Waals surface area contributed by atoms with Crippen LogP contribution in [0.1, 0.15) is 36.0 Å². The zero-order valence-electron chi connectivity index (χ0n) is 11.9. The van der Waals surface area contributed by atoms with Crippen LogP contribution in [0.5, 0.6) is 11.5 Å². The molecule has 0 bridgehead atoms. The van der Waals surface area contributed by atoms with E-state index in [0.29, 0.717) is 11.3 Å². The summed E-state index contributed by atoms with van der Waals surface area (Å²) in [4.78, 5) is 12.1. The molecule has 4 nitrogen and oxygen atoms in total. The van der Waals surface area contributed by atoms with Gasteiger partial charge in [0.2, 0.25) is 0 Å². The first-order chi connectivity index (χ1) is 9.63. The van der Waals surface area contributed by atoms with Crippen LogP contribution >= 0.6 is 11.8 Å². The third kappa shape index (κ3) is 3.60. The normalized spacial score (nSPS) is 22.3. The van der Waals surface area contributed by atoms with Gasteiger partial charge in [0.25, 0.3) is 5.91 Å². The minimum absolute atomic E-state index is 0.00811. The monoisotopic (exact) mass is 295 g/mol. The molecular formula is C15H21NO3S. The van der Waals surface area contributed by atoms with Crippen molar-refractivity contribution in [2.24, 2.45) is 0 Å². The van der Waals surface area contributed by atoms with Gasteiger partial charge in [0.1, 0.15) is 0 Å². The summed E-state index contributed by atoms with van der Waals surface area (Å²) in [7, 11) is 1.49. The fourth-order valence-electron chi connectivity index (χ4n) is 2.54. The van der Waals surface area contributed by atoms with Crippen LogP contribution in [0.3, 0.4) is 0 Å². The van der Waals surface area contributed by atoms with E-state index in [1.165, 1.54) is 13.2 Å². The Morgan fingerprint density at radius 3 is 2.60 bits per heavy atom. The lowest BCUT2D eigenvalue weighted by Gasteiger charge is -2.28. The highest BCUT2D eigenvalue weighted by atomic mass is 32.2. The summed E-state index contributed by atoms with van der Waals surface area (Å²) in [5.41, 5.74) is 0.468. The van der Waals surface area contributed by atoms with Gasteiger partial charge in [-0.15, -0.1) is 0 Å². The van der Waals surface area contributed by atoms with Crippen LogP contribution in [-0.2, 0) is 0 Å². The third-order valence-electron chi connectivity index (χ3n) is 3.78. The summed E-state index contributed by atoms with van der Waals surface area (Å²) < 4.78 is 4.97. The number of nitrogens with one attached hydrogen (secondary N) is 1. The number of amides is 1. The lowest BCUT2D eigenvalue weighted by molar-refractivity contribution is 0.0927. The average molecular weight is 295 g/mol. The smallest absolute Gasteiger partial charge is 0.251 e. The molecule has 2 N–H and O–H groups in total. The van der Waals surface area contributed by atoms with Gasteiger partial charge in [-0.1, -0.05) is 0 Å². The second-order valence-corrected chi connectivity index (χ2v) is 6.21. The standard InChI is InChI=1S/C15H21NO3S/c1-19-14-8-3-10(9-13(14)17)15(18)16-11-4-6-12(20-2)7-5-11/h3,8-9,11-12,17H,4-7H2,1-2H3,(H,16,18). The molecule has 0 spiro atoms. The van der Waals surface area contributed by atoms with Gasteiger partial charge in [0, 0.05) is 16.9 Å². The van der Waals surface area contributed by atoms with Gasteiger partial charge >= 0.3 is 0 Å². The number of hydrogen-bond donors (Lipinski definition) is 2. The topological polar surface area (TPSA) is 58.6 Å². The Kier molecular flexibility index (Phi) is 5.17. The molecule has 0 aliphatic heterocycles. The second kappa shape index (κ2) is 6.88. The molecule has 1 aromatic carbocycles. The van der Waals surface area contributed by atoms with Crippen LogP contribution < -0.4 is 10.1 Å². The summed E-state index contributed by atoms with van der Waals surface area (Å²) in [5.74, 6) is 0.240. The third-order valence-corrected chi connectivity index (χ3v) is 4.92. The maximum Gasteiger partial charge on any atom is 0.251 e. The number of aromatic hydroxyl groups is 1. The quantitative estimate of drug-likeness (QED) is 0.897. The van der Waals surface area contributed by atoms with Crippen LogP contribution in [0.4, 0.5) is 0 Å². The molecule has 1 fully saturated rings. The Morgan fingerprint density at radius 2 is 2.05 bits per heavy atom. The predicted octanol–water partition coefficient (Wildman–Crippen LogP) is 2.80. The van der Waals surface area contributed by atoms with Gasteiger partial charge in [0.05, 0.1) is 7.11 Å². The summed E-state index contributed by atoms with van der Waals surface area (Å²) in [6.45, 7) is 0. The van der Waals surface area contributed by atoms with Crippen molar-refractivity contribution in [2.75, 3.05) is 13.4 Å². The van der Waals surface area contributed by atoms with Crippen molar-refractivity contribution >= 4 is 17.7 Å². The Balaban J connectivity index is 1.93. The molecular weight excluding hydrogens is 274 g/mol. The number of phenolic OH excluding ortho intramolecular Hbond substituents is 1. The van der Waals surface area contributed by atoms with Crippen molar-refractivity contribution in [2.45, 2.75) is 37.0 Å². The van der Waals surface area contributed by atoms with E-state index in [9.17, 15) is 9.90 Å². The number of ether oxygens (including phenoxy) is 1. The Morgan fingerprint density at radius 1 is 1.35 bits per heavy atom. The molecule has 0 saturated heterocycles. The zero-order chi connectivity index (χ0) is 14.5. The number of carbonyl (C=O) groups is 1. The van der Waals surface area contributed by atoms with E-state index in [-0.39, 0.29) is 17.7 Å². The lowest BCUT2D eigenvalue weighted by atomic mass is 9.94. The van der Waals surface area contributed by atoms with Gasteiger partial charge < -0.3 is 15.2 Å². The molecule has 5 heteroatoms. The van der Waals surface area contributed by atoms with Gasteiger partial charge in [-0.2, -0.15) is 11.8 Å². The molecule has 0 radical (unpaired) electrons. The SMILES string of the molecule is COc1ccc(C(=O)NC2CCC(SC)CC2)cc1O.